The van der Waals surface area contributed by atoms with Gasteiger partial charge in [-0.1, -0.05) is 0 Å². The second kappa shape index (κ2) is 5.49. The summed E-state index contributed by atoms with van der Waals surface area (Å²) >= 11 is 3.58. The minimum atomic E-state index is 0.571. The molecule has 0 fully saturated rings. The van der Waals surface area contributed by atoms with Crippen LogP contribution in [0.15, 0.2) is 40.2 Å². The van der Waals surface area contributed by atoms with Crippen molar-refractivity contribution < 1.29 is 0 Å². The van der Waals surface area contributed by atoms with Gasteiger partial charge in [0.1, 0.15) is 11.7 Å². The summed E-state index contributed by atoms with van der Waals surface area (Å²) in [4.78, 5) is 19.8. The van der Waals surface area contributed by atoms with E-state index in [0.29, 0.717) is 5.95 Å². The van der Waals surface area contributed by atoms with E-state index in [2.05, 4.69) is 46.1 Å². The van der Waals surface area contributed by atoms with E-state index >= 15 is 0 Å². The first-order valence-corrected chi connectivity index (χ1v) is 7.84. The van der Waals surface area contributed by atoms with Crippen LogP contribution in [0.25, 0.3) is 6.08 Å². The van der Waals surface area contributed by atoms with E-state index in [9.17, 15) is 0 Å². The zero-order chi connectivity index (χ0) is 14.9. The van der Waals surface area contributed by atoms with Crippen LogP contribution in [-0.4, -0.2) is 33.9 Å². The fraction of sp³-hybridized carbons (Fsp3) is 0.200. The molecule has 4 heterocycles. The van der Waals surface area contributed by atoms with E-state index in [1.54, 1.807) is 12.4 Å². The van der Waals surface area contributed by atoms with Gasteiger partial charge in [-0.25, -0.2) is 4.98 Å². The van der Waals surface area contributed by atoms with Crippen LogP contribution >= 0.6 is 15.9 Å². The number of pyridine rings is 1. The number of fused-ring (bicyclic) bond motifs is 3. The highest BCUT2D eigenvalue weighted by Gasteiger charge is 2.27. The normalized spacial score (nSPS) is 16.3. The second-order valence-electron chi connectivity index (χ2n) is 5.04. The van der Waals surface area contributed by atoms with Crippen LogP contribution in [0.4, 0.5) is 17.5 Å². The summed E-state index contributed by atoms with van der Waals surface area (Å²) in [5.74, 6) is 2.42. The molecule has 0 amide bonds. The molecule has 0 saturated heterocycles. The van der Waals surface area contributed by atoms with Gasteiger partial charge in [0.05, 0.1) is 4.48 Å². The van der Waals surface area contributed by atoms with Crippen molar-refractivity contribution in [2.75, 3.05) is 23.3 Å². The van der Waals surface area contributed by atoms with Gasteiger partial charge >= 0.3 is 0 Å². The summed E-state index contributed by atoms with van der Waals surface area (Å²) < 4.78 is 0.984. The number of nitrogens with zero attached hydrogens (tertiary/aromatic N) is 5. The molecular formula is C15H13BrN6. The molecule has 0 bridgehead atoms. The van der Waals surface area contributed by atoms with Gasteiger partial charge in [-0.05, 0) is 40.6 Å². The van der Waals surface area contributed by atoms with Crippen molar-refractivity contribution >= 4 is 45.3 Å². The zero-order valence-corrected chi connectivity index (χ0v) is 13.3. The Labute approximate surface area is 136 Å². The number of anilines is 3. The van der Waals surface area contributed by atoms with Gasteiger partial charge in [-0.3, -0.25) is 9.98 Å². The van der Waals surface area contributed by atoms with E-state index in [-0.39, 0.29) is 0 Å². The lowest BCUT2D eigenvalue weighted by atomic mass is 10.1. The Morgan fingerprint density at radius 1 is 1.23 bits per heavy atom. The smallest absolute Gasteiger partial charge is 0.229 e. The minimum Gasteiger partial charge on any atom is -0.324 e. The first-order valence-electron chi connectivity index (χ1n) is 7.05. The lowest BCUT2D eigenvalue weighted by molar-refractivity contribution is 0.782. The van der Waals surface area contributed by atoms with Crippen molar-refractivity contribution in [3.63, 3.8) is 0 Å². The summed E-state index contributed by atoms with van der Waals surface area (Å²) in [7, 11) is 0. The lowest BCUT2D eigenvalue weighted by Crippen LogP contribution is -2.38. The molecule has 22 heavy (non-hydrogen) atoms. The van der Waals surface area contributed by atoms with Gasteiger partial charge in [0, 0.05) is 42.9 Å². The molecule has 2 aromatic heterocycles. The maximum Gasteiger partial charge on any atom is 0.229 e. The third-order valence-corrected chi connectivity index (χ3v) is 4.12. The molecule has 2 aliphatic rings. The van der Waals surface area contributed by atoms with E-state index in [0.717, 1.165) is 46.9 Å². The molecule has 0 atom stereocenters. The highest BCUT2D eigenvalue weighted by molar-refractivity contribution is 9.12. The van der Waals surface area contributed by atoms with Crippen molar-refractivity contribution in [2.24, 2.45) is 4.99 Å². The predicted molar refractivity (Wildman–Crippen MR) is 90.7 cm³/mol. The third kappa shape index (κ3) is 2.37. The van der Waals surface area contributed by atoms with Crippen molar-refractivity contribution in [3.8, 4) is 0 Å². The van der Waals surface area contributed by atoms with E-state index in [1.165, 1.54) is 0 Å². The van der Waals surface area contributed by atoms with Crippen LogP contribution in [0.5, 0.6) is 0 Å². The minimum absolute atomic E-state index is 0.571. The molecule has 0 spiro atoms. The largest absolute Gasteiger partial charge is 0.324 e. The van der Waals surface area contributed by atoms with Crippen LogP contribution in [0, 0.1) is 0 Å². The van der Waals surface area contributed by atoms with Gasteiger partial charge in [-0.2, -0.15) is 4.98 Å². The number of aromatic nitrogens is 3. The maximum atomic E-state index is 4.66. The Morgan fingerprint density at radius 3 is 2.95 bits per heavy atom. The van der Waals surface area contributed by atoms with Gasteiger partial charge in [0.25, 0.3) is 0 Å². The van der Waals surface area contributed by atoms with Gasteiger partial charge in [0.2, 0.25) is 5.95 Å². The highest BCUT2D eigenvalue weighted by atomic mass is 79.9. The average molecular weight is 357 g/mol. The molecule has 2 aromatic rings. The van der Waals surface area contributed by atoms with Crippen molar-refractivity contribution in [3.05, 3.63) is 40.8 Å². The Bertz CT molecular complexity index is 771. The molecule has 7 heteroatoms. The van der Waals surface area contributed by atoms with E-state index in [1.807, 2.05) is 24.4 Å². The molecule has 0 aliphatic carbocycles. The summed E-state index contributed by atoms with van der Waals surface area (Å²) in [6.45, 7) is 1.78. The standard InChI is InChI=1S/C15H13BrN6/c16-12-8-10-9-19-15(20-11-2-5-17-6-3-11)21-13(10)22-7-1-4-18-14(12)22/h2-3,5-6,8-9H,1,4,7H2,(H,17,19,20,21). The zero-order valence-electron chi connectivity index (χ0n) is 11.7. The lowest BCUT2D eigenvalue weighted by Gasteiger charge is -2.32. The summed E-state index contributed by atoms with van der Waals surface area (Å²) in [5.41, 5.74) is 1.91. The molecule has 0 saturated carbocycles. The first-order chi connectivity index (χ1) is 10.8. The number of nitrogens with one attached hydrogen (secondary N) is 1. The van der Waals surface area contributed by atoms with Crippen molar-refractivity contribution in [1.82, 2.24) is 15.0 Å². The maximum absolute atomic E-state index is 4.66. The van der Waals surface area contributed by atoms with Gasteiger partial charge in [-0.15, -0.1) is 0 Å². The highest BCUT2D eigenvalue weighted by Crippen LogP contribution is 2.33. The number of amidine groups is 1. The number of halogens is 1. The topological polar surface area (TPSA) is 66.3 Å². The van der Waals surface area contributed by atoms with Crippen LogP contribution in [-0.2, 0) is 0 Å². The molecule has 2 aliphatic heterocycles. The Balaban J connectivity index is 1.72. The molecule has 1 N–H and O–H groups in total. The van der Waals surface area contributed by atoms with Crippen molar-refractivity contribution in [2.45, 2.75) is 6.42 Å². The van der Waals surface area contributed by atoms with E-state index < -0.39 is 0 Å². The second-order valence-corrected chi connectivity index (χ2v) is 5.89. The molecule has 0 aromatic carbocycles. The Hall–Kier alpha value is -2.28. The first kappa shape index (κ1) is 13.4. The van der Waals surface area contributed by atoms with Crippen LogP contribution < -0.4 is 10.2 Å². The third-order valence-electron chi connectivity index (χ3n) is 3.54. The monoisotopic (exact) mass is 356 g/mol. The number of hydrogen-bond donors (Lipinski definition) is 1. The quantitative estimate of drug-likeness (QED) is 0.895. The average Bonchev–Trinajstić information content (AvgIpc) is 2.57. The van der Waals surface area contributed by atoms with Gasteiger partial charge < -0.3 is 10.2 Å². The molecule has 110 valence electrons. The SMILES string of the molecule is BrC1=Cc2cnc(Nc3ccncc3)nc2N2CCCN=C12. The molecule has 0 radical (unpaired) electrons. The van der Waals surface area contributed by atoms with Crippen LogP contribution in [0.1, 0.15) is 12.0 Å². The molecule has 4 rings (SSSR count). The summed E-state index contributed by atoms with van der Waals surface area (Å²) in [5, 5.41) is 3.20. The van der Waals surface area contributed by atoms with Crippen molar-refractivity contribution in [1.29, 1.82) is 0 Å². The summed E-state index contributed by atoms with van der Waals surface area (Å²) in [6.07, 6.45) is 8.34. The number of hydrogen-bond acceptors (Lipinski definition) is 6. The Kier molecular flexibility index (Phi) is 3.34. The van der Waals surface area contributed by atoms with Crippen LogP contribution in [0.3, 0.4) is 0 Å². The van der Waals surface area contributed by atoms with Gasteiger partial charge in [0.15, 0.2) is 0 Å². The molecule has 0 unspecified atom stereocenters. The predicted octanol–water partition coefficient (Wildman–Crippen LogP) is 2.97. The molecular weight excluding hydrogens is 344 g/mol. The fourth-order valence-electron chi connectivity index (χ4n) is 2.54. The fourth-order valence-corrected chi connectivity index (χ4v) is 3.13. The Morgan fingerprint density at radius 2 is 2.09 bits per heavy atom. The van der Waals surface area contributed by atoms with E-state index in [4.69, 9.17) is 0 Å². The summed E-state index contributed by atoms with van der Waals surface area (Å²) in [6, 6.07) is 3.76. The number of aliphatic imine (C=N–C) groups is 1. The molecule has 6 nitrogen and oxygen atoms in total. The number of rotatable bonds is 2. The van der Waals surface area contributed by atoms with Crippen LogP contribution in [0.2, 0.25) is 0 Å².